The fraction of sp³-hybridized carbons (Fsp3) is 0.333. The van der Waals surface area contributed by atoms with Crippen molar-refractivity contribution in [3.63, 3.8) is 0 Å². The number of hydrogen-bond acceptors (Lipinski definition) is 3. The number of piperidine rings is 1. The smallest absolute Gasteiger partial charge is 0.0956 e. The summed E-state index contributed by atoms with van der Waals surface area (Å²) in [7, 11) is 0. The first-order chi connectivity index (χ1) is 13.2. The largest absolute Gasteiger partial charge is 0.387 e. The molecule has 1 fully saturated rings. The lowest BCUT2D eigenvalue weighted by Crippen LogP contribution is -2.41. The Kier molecular flexibility index (Phi) is 5.72. The van der Waals surface area contributed by atoms with Gasteiger partial charge in [-0.25, -0.2) is 0 Å². The number of aliphatic hydroxyl groups is 1. The van der Waals surface area contributed by atoms with Gasteiger partial charge < -0.3 is 5.11 Å². The summed E-state index contributed by atoms with van der Waals surface area (Å²) in [5.41, 5.74) is 4.01. The van der Waals surface area contributed by atoms with Crippen molar-refractivity contribution < 1.29 is 5.11 Å². The van der Waals surface area contributed by atoms with E-state index in [-0.39, 0.29) is 6.04 Å². The lowest BCUT2D eigenvalue weighted by molar-refractivity contribution is 0.0544. The number of benzene rings is 2. The van der Waals surface area contributed by atoms with E-state index in [4.69, 9.17) is 0 Å². The van der Waals surface area contributed by atoms with Crippen molar-refractivity contribution >= 4 is 21.4 Å². The molecule has 27 heavy (non-hydrogen) atoms. The monoisotopic (exact) mass is 377 g/mol. The van der Waals surface area contributed by atoms with Gasteiger partial charge in [0.2, 0.25) is 0 Å². The van der Waals surface area contributed by atoms with Crippen molar-refractivity contribution in [1.29, 1.82) is 0 Å². The Hall–Kier alpha value is -1.94. The maximum absolute atomic E-state index is 11.0. The third kappa shape index (κ3) is 4.16. The lowest BCUT2D eigenvalue weighted by atomic mass is 9.96. The summed E-state index contributed by atoms with van der Waals surface area (Å²) >= 11 is 1.72. The number of hydrogen-bond donors (Lipinski definition) is 1. The predicted molar refractivity (Wildman–Crippen MR) is 115 cm³/mol. The van der Waals surface area contributed by atoms with Crippen LogP contribution in [0.5, 0.6) is 0 Å². The summed E-state index contributed by atoms with van der Waals surface area (Å²) < 4.78 is 1.25. The molecule has 0 amide bonds. The molecule has 4 rings (SSSR count). The van der Waals surface area contributed by atoms with E-state index in [2.05, 4.69) is 77.9 Å². The lowest BCUT2D eigenvalue weighted by Gasteiger charge is -2.36. The summed E-state index contributed by atoms with van der Waals surface area (Å²) in [4.78, 5) is 2.44. The molecule has 140 valence electrons. The first-order valence-corrected chi connectivity index (χ1v) is 10.7. The molecule has 2 heterocycles. The van der Waals surface area contributed by atoms with Crippen molar-refractivity contribution in [3.05, 3.63) is 82.8 Å². The van der Waals surface area contributed by atoms with Crippen molar-refractivity contribution in [3.8, 4) is 0 Å². The summed E-state index contributed by atoms with van der Waals surface area (Å²) in [6, 6.07) is 19.2. The second-order valence-electron chi connectivity index (χ2n) is 7.46. The maximum atomic E-state index is 11.0. The highest BCUT2D eigenvalue weighted by Crippen LogP contribution is 2.34. The number of aliphatic hydroxyl groups excluding tert-OH is 1. The van der Waals surface area contributed by atoms with Gasteiger partial charge in [-0.15, -0.1) is 11.3 Å². The Morgan fingerprint density at radius 3 is 2.52 bits per heavy atom. The molecule has 0 unspecified atom stereocenters. The van der Waals surface area contributed by atoms with Crippen LogP contribution in [0.4, 0.5) is 0 Å². The molecule has 1 aliphatic heterocycles. The van der Waals surface area contributed by atoms with Crippen LogP contribution in [-0.2, 0) is 6.42 Å². The van der Waals surface area contributed by atoms with Crippen LogP contribution in [0.3, 0.4) is 0 Å². The number of thiophene rings is 1. The quantitative estimate of drug-likeness (QED) is 0.586. The molecule has 0 saturated carbocycles. The maximum Gasteiger partial charge on any atom is 0.0956 e. The molecule has 1 saturated heterocycles. The molecule has 0 spiro atoms. The van der Waals surface area contributed by atoms with Crippen LogP contribution in [0.1, 0.15) is 37.0 Å². The average molecular weight is 378 g/mol. The molecule has 2 aromatic carbocycles. The molecule has 3 aromatic rings. The van der Waals surface area contributed by atoms with Crippen molar-refractivity contribution in [2.75, 3.05) is 13.1 Å². The van der Waals surface area contributed by atoms with E-state index < -0.39 is 6.10 Å². The molecule has 1 aliphatic rings. The van der Waals surface area contributed by atoms with Gasteiger partial charge in [0.05, 0.1) is 6.10 Å². The first kappa shape index (κ1) is 18.4. The van der Waals surface area contributed by atoms with Gasteiger partial charge in [0.25, 0.3) is 0 Å². The van der Waals surface area contributed by atoms with E-state index in [9.17, 15) is 5.11 Å². The minimum absolute atomic E-state index is 0.138. The highest BCUT2D eigenvalue weighted by Gasteiger charge is 2.27. The third-order valence-electron chi connectivity index (χ3n) is 5.77. The van der Waals surface area contributed by atoms with Crippen LogP contribution in [0.15, 0.2) is 71.6 Å². The second-order valence-corrected chi connectivity index (χ2v) is 8.37. The minimum atomic E-state index is -0.434. The zero-order chi connectivity index (χ0) is 18.6. The van der Waals surface area contributed by atoms with Gasteiger partial charge in [-0.3, -0.25) is 4.90 Å². The van der Waals surface area contributed by atoms with E-state index >= 15 is 0 Å². The molecule has 3 heteroatoms. The summed E-state index contributed by atoms with van der Waals surface area (Å²) in [6.45, 7) is 4.22. The van der Waals surface area contributed by atoms with Gasteiger partial charge in [-0.05, 0) is 48.6 Å². The van der Waals surface area contributed by atoms with Crippen LogP contribution in [0, 0.1) is 0 Å². The molecule has 0 aliphatic carbocycles. The van der Waals surface area contributed by atoms with Crippen LogP contribution in [0.2, 0.25) is 0 Å². The minimum Gasteiger partial charge on any atom is -0.387 e. The molecular formula is C24H27NOS. The van der Waals surface area contributed by atoms with E-state index in [1.165, 1.54) is 15.6 Å². The standard InChI is InChI=1S/C24H27NOS/c1-18(24(26)22-17-27-23-10-6-5-9-21(22)23)25-15-13-20(14-16-25)12-11-19-7-3-2-4-8-19/h2-10,12,17-18,24,26H,11,13-16H2,1H3/t18-,24+/m1/s1. The Morgan fingerprint density at radius 2 is 1.74 bits per heavy atom. The molecule has 1 aromatic heterocycles. The first-order valence-electron chi connectivity index (χ1n) is 9.82. The predicted octanol–water partition coefficient (Wildman–Crippen LogP) is 5.59. The Morgan fingerprint density at radius 1 is 1.04 bits per heavy atom. The highest BCUT2D eigenvalue weighted by molar-refractivity contribution is 7.17. The number of allylic oxidation sites excluding steroid dienone is 1. The van der Waals surface area contributed by atoms with Crippen LogP contribution >= 0.6 is 11.3 Å². The second kappa shape index (κ2) is 8.39. The Bertz CT molecular complexity index is 904. The van der Waals surface area contributed by atoms with Gasteiger partial charge in [-0.1, -0.05) is 60.2 Å². The van der Waals surface area contributed by atoms with E-state index in [1.807, 2.05) is 0 Å². The topological polar surface area (TPSA) is 23.5 Å². The molecule has 0 bridgehead atoms. The Balaban J connectivity index is 1.37. The van der Waals surface area contributed by atoms with Gasteiger partial charge in [-0.2, -0.15) is 0 Å². The number of nitrogens with zero attached hydrogens (tertiary/aromatic N) is 1. The van der Waals surface area contributed by atoms with E-state index in [0.29, 0.717) is 0 Å². The summed E-state index contributed by atoms with van der Waals surface area (Å²) in [6.07, 6.45) is 5.20. The number of rotatable bonds is 5. The van der Waals surface area contributed by atoms with Crippen molar-refractivity contribution in [1.82, 2.24) is 4.90 Å². The van der Waals surface area contributed by atoms with Crippen LogP contribution < -0.4 is 0 Å². The fourth-order valence-electron chi connectivity index (χ4n) is 3.99. The third-order valence-corrected chi connectivity index (χ3v) is 6.75. The van der Waals surface area contributed by atoms with E-state index in [0.717, 1.165) is 37.9 Å². The normalized spacial score (nSPS) is 17.8. The SMILES string of the molecule is C[C@H]([C@H](O)c1csc2ccccc12)N1CCC(=CCc2ccccc2)CC1. The van der Waals surface area contributed by atoms with Gasteiger partial charge >= 0.3 is 0 Å². The summed E-state index contributed by atoms with van der Waals surface area (Å²) in [5.74, 6) is 0. The number of fused-ring (bicyclic) bond motifs is 1. The summed E-state index contributed by atoms with van der Waals surface area (Å²) in [5, 5.41) is 14.3. The van der Waals surface area contributed by atoms with Gasteiger partial charge in [0.1, 0.15) is 0 Å². The molecule has 0 radical (unpaired) electrons. The molecular weight excluding hydrogens is 350 g/mol. The molecule has 2 atom stereocenters. The number of likely N-dealkylation sites (tertiary alicyclic amines) is 1. The van der Waals surface area contributed by atoms with Crippen LogP contribution in [0.25, 0.3) is 10.1 Å². The zero-order valence-electron chi connectivity index (χ0n) is 15.8. The molecule has 1 N–H and O–H groups in total. The highest BCUT2D eigenvalue weighted by atomic mass is 32.1. The average Bonchev–Trinajstić information content (AvgIpc) is 3.16. The fourth-order valence-corrected chi connectivity index (χ4v) is 4.98. The Labute approximate surface area is 165 Å². The van der Waals surface area contributed by atoms with Crippen molar-refractivity contribution in [2.45, 2.75) is 38.3 Å². The van der Waals surface area contributed by atoms with Crippen molar-refractivity contribution in [2.24, 2.45) is 0 Å². The zero-order valence-corrected chi connectivity index (χ0v) is 16.7. The van der Waals surface area contributed by atoms with Crippen LogP contribution in [-0.4, -0.2) is 29.1 Å². The molecule has 2 nitrogen and oxygen atoms in total. The van der Waals surface area contributed by atoms with Gasteiger partial charge in [0, 0.05) is 29.4 Å². The van der Waals surface area contributed by atoms with E-state index in [1.54, 1.807) is 16.9 Å². The van der Waals surface area contributed by atoms with Gasteiger partial charge in [0.15, 0.2) is 0 Å².